The van der Waals surface area contributed by atoms with E-state index in [1.54, 1.807) is 29.7 Å². The van der Waals surface area contributed by atoms with E-state index in [4.69, 9.17) is 13.3 Å². The zero-order chi connectivity index (χ0) is 15.6. The molecule has 0 saturated heterocycles. The average Bonchev–Trinajstić information content (AvgIpc) is 3.30. The van der Waals surface area contributed by atoms with Crippen LogP contribution in [0.4, 0.5) is 0 Å². The van der Waals surface area contributed by atoms with Crippen molar-refractivity contribution in [2.75, 3.05) is 0 Å². The number of hydrogen-bond donors (Lipinski definition) is 0. The molecule has 23 heavy (non-hydrogen) atoms. The van der Waals surface area contributed by atoms with Gasteiger partial charge in [0.25, 0.3) is 17.0 Å². The number of nitrogens with zero attached hydrogens (tertiary/aromatic N) is 4. The summed E-state index contributed by atoms with van der Waals surface area (Å²) in [5, 5.41) is 18.4. The third kappa shape index (κ3) is 2.92. The first-order chi connectivity index (χ1) is 11.3. The Hall–Kier alpha value is -2.39. The van der Waals surface area contributed by atoms with Crippen LogP contribution < -0.4 is 0 Å². The Bertz CT molecular complexity index is 883. The second kappa shape index (κ2) is 6.01. The number of aromatic nitrogens is 4. The van der Waals surface area contributed by atoms with Crippen molar-refractivity contribution in [3.63, 3.8) is 0 Å². The minimum absolute atomic E-state index is 0.110. The van der Waals surface area contributed by atoms with Gasteiger partial charge in [0.2, 0.25) is 5.89 Å². The minimum atomic E-state index is -0.110. The average molecular weight is 346 g/mol. The van der Waals surface area contributed by atoms with Crippen molar-refractivity contribution in [1.82, 2.24) is 20.4 Å². The SMILES string of the molecule is C[C@H](Sc1nnc(-c2ccco2)o1)c1nnc(-c2cccs2)o1. The Kier molecular flexibility index (Phi) is 3.72. The van der Waals surface area contributed by atoms with E-state index in [2.05, 4.69) is 20.4 Å². The smallest absolute Gasteiger partial charge is 0.284 e. The molecule has 0 fully saturated rings. The molecule has 4 aromatic heterocycles. The fourth-order valence-corrected chi connectivity index (χ4v) is 3.22. The van der Waals surface area contributed by atoms with Crippen molar-refractivity contribution in [3.05, 3.63) is 41.8 Å². The lowest BCUT2D eigenvalue weighted by atomic mass is 10.5. The van der Waals surface area contributed by atoms with Crippen LogP contribution in [0.5, 0.6) is 0 Å². The van der Waals surface area contributed by atoms with Gasteiger partial charge in [-0.1, -0.05) is 17.8 Å². The maximum atomic E-state index is 5.70. The normalized spacial score (nSPS) is 12.6. The van der Waals surface area contributed by atoms with E-state index >= 15 is 0 Å². The molecule has 0 aliphatic carbocycles. The molecule has 0 amide bonds. The van der Waals surface area contributed by atoms with E-state index in [9.17, 15) is 0 Å². The highest BCUT2D eigenvalue weighted by atomic mass is 32.2. The highest BCUT2D eigenvalue weighted by Gasteiger charge is 2.20. The molecule has 7 nitrogen and oxygen atoms in total. The van der Waals surface area contributed by atoms with E-state index < -0.39 is 0 Å². The van der Waals surface area contributed by atoms with Gasteiger partial charge in [-0.25, -0.2) is 0 Å². The van der Waals surface area contributed by atoms with Crippen LogP contribution in [-0.4, -0.2) is 20.4 Å². The van der Waals surface area contributed by atoms with E-state index in [0.29, 0.717) is 28.7 Å². The van der Waals surface area contributed by atoms with Gasteiger partial charge in [0.05, 0.1) is 16.4 Å². The lowest BCUT2D eigenvalue weighted by Gasteiger charge is -2.01. The molecule has 4 aromatic rings. The van der Waals surface area contributed by atoms with Crippen molar-refractivity contribution in [2.24, 2.45) is 0 Å². The number of thiophene rings is 1. The topological polar surface area (TPSA) is 91.0 Å². The molecule has 0 unspecified atom stereocenters. The zero-order valence-electron chi connectivity index (χ0n) is 11.9. The number of hydrogen-bond acceptors (Lipinski definition) is 9. The lowest BCUT2D eigenvalue weighted by Crippen LogP contribution is -1.88. The van der Waals surface area contributed by atoms with Crippen LogP contribution in [0.1, 0.15) is 18.1 Å². The molecule has 0 saturated carbocycles. The summed E-state index contributed by atoms with van der Waals surface area (Å²) in [4.78, 5) is 0.943. The molecule has 0 aliphatic rings. The molecule has 4 heterocycles. The third-order valence-electron chi connectivity index (χ3n) is 2.94. The van der Waals surface area contributed by atoms with Gasteiger partial charge in [-0.15, -0.1) is 31.7 Å². The Labute approximate surface area is 138 Å². The minimum Gasteiger partial charge on any atom is -0.459 e. The molecule has 0 bridgehead atoms. The van der Waals surface area contributed by atoms with Crippen molar-refractivity contribution >= 4 is 23.1 Å². The van der Waals surface area contributed by atoms with Crippen molar-refractivity contribution in [2.45, 2.75) is 17.4 Å². The van der Waals surface area contributed by atoms with Crippen molar-refractivity contribution < 1.29 is 13.3 Å². The second-order valence-corrected chi connectivity index (χ2v) is 6.77. The molecule has 0 N–H and O–H groups in total. The molecule has 0 aliphatic heterocycles. The third-order valence-corrected chi connectivity index (χ3v) is 4.72. The van der Waals surface area contributed by atoms with Crippen LogP contribution in [0, 0.1) is 0 Å². The van der Waals surface area contributed by atoms with Crippen LogP contribution in [0.3, 0.4) is 0 Å². The van der Waals surface area contributed by atoms with Gasteiger partial charge in [0.1, 0.15) is 0 Å². The summed E-state index contributed by atoms with van der Waals surface area (Å²) < 4.78 is 16.5. The summed E-state index contributed by atoms with van der Waals surface area (Å²) in [5.74, 6) is 1.91. The molecule has 9 heteroatoms. The summed E-state index contributed by atoms with van der Waals surface area (Å²) in [7, 11) is 0. The Morgan fingerprint density at radius 1 is 1.04 bits per heavy atom. The summed E-state index contributed by atoms with van der Waals surface area (Å²) in [6, 6.07) is 7.40. The molecule has 116 valence electrons. The summed E-state index contributed by atoms with van der Waals surface area (Å²) in [5.41, 5.74) is 0. The summed E-state index contributed by atoms with van der Waals surface area (Å²) >= 11 is 2.90. The predicted molar refractivity (Wildman–Crippen MR) is 83.9 cm³/mol. The molecule has 4 rings (SSSR count). The summed E-state index contributed by atoms with van der Waals surface area (Å²) in [6.45, 7) is 1.94. The van der Waals surface area contributed by atoms with Crippen LogP contribution in [-0.2, 0) is 0 Å². The Morgan fingerprint density at radius 3 is 2.74 bits per heavy atom. The van der Waals surface area contributed by atoms with E-state index in [1.165, 1.54) is 11.8 Å². The molecule has 0 spiro atoms. The van der Waals surface area contributed by atoms with Gasteiger partial charge in [-0.05, 0) is 30.5 Å². The van der Waals surface area contributed by atoms with Crippen LogP contribution in [0.25, 0.3) is 22.4 Å². The van der Waals surface area contributed by atoms with Gasteiger partial charge < -0.3 is 13.3 Å². The largest absolute Gasteiger partial charge is 0.459 e. The number of thioether (sulfide) groups is 1. The highest BCUT2D eigenvalue weighted by Crippen LogP contribution is 2.35. The second-order valence-electron chi connectivity index (χ2n) is 4.53. The van der Waals surface area contributed by atoms with Crippen LogP contribution in [0.15, 0.2) is 54.4 Å². The standard InChI is InChI=1S/C14H10N4O3S2/c1-8(11-15-17-13(20-11)10-5-3-7-22-10)23-14-18-16-12(21-14)9-4-2-6-19-9/h2-8H,1H3/t8-/m0/s1. The first kappa shape index (κ1) is 14.2. The lowest BCUT2D eigenvalue weighted by molar-refractivity contribution is 0.444. The predicted octanol–water partition coefficient (Wildman–Crippen LogP) is 4.29. The van der Waals surface area contributed by atoms with Gasteiger partial charge in [0, 0.05) is 0 Å². The molecular formula is C14H10N4O3S2. The Balaban J connectivity index is 1.49. The first-order valence-electron chi connectivity index (χ1n) is 6.71. The Morgan fingerprint density at radius 2 is 1.96 bits per heavy atom. The molecule has 1 atom stereocenters. The van der Waals surface area contributed by atoms with E-state index in [-0.39, 0.29) is 5.25 Å². The van der Waals surface area contributed by atoms with Gasteiger partial charge in [-0.3, -0.25) is 0 Å². The van der Waals surface area contributed by atoms with Crippen LogP contribution in [0.2, 0.25) is 0 Å². The molecular weight excluding hydrogens is 336 g/mol. The number of rotatable bonds is 5. The van der Waals surface area contributed by atoms with Crippen LogP contribution >= 0.6 is 23.1 Å². The van der Waals surface area contributed by atoms with Crippen molar-refractivity contribution in [3.8, 4) is 22.4 Å². The zero-order valence-corrected chi connectivity index (χ0v) is 13.5. The number of furan rings is 1. The van der Waals surface area contributed by atoms with Crippen molar-refractivity contribution in [1.29, 1.82) is 0 Å². The maximum Gasteiger partial charge on any atom is 0.284 e. The van der Waals surface area contributed by atoms with E-state index in [0.717, 1.165) is 4.88 Å². The quantitative estimate of drug-likeness (QED) is 0.494. The first-order valence-corrected chi connectivity index (χ1v) is 8.47. The van der Waals surface area contributed by atoms with Gasteiger partial charge in [0.15, 0.2) is 5.76 Å². The van der Waals surface area contributed by atoms with E-state index in [1.807, 2.05) is 24.4 Å². The fourth-order valence-electron chi connectivity index (χ4n) is 1.86. The highest BCUT2D eigenvalue weighted by molar-refractivity contribution is 7.99. The van der Waals surface area contributed by atoms with Gasteiger partial charge >= 0.3 is 0 Å². The monoisotopic (exact) mass is 346 g/mol. The summed E-state index contributed by atoms with van der Waals surface area (Å²) in [6.07, 6.45) is 1.56. The maximum absolute atomic E-state index is 5.70. The fraction of sp³-hybridized carbons (Fsp3) is 0.143. The van der Waals surface area contributed by atoms with Gasteiger partial charge in [-0.2, -0.15) is 0 Å². The molecule has 0 aromatic carbocycles. The molecule has 0 radical (unpaired) electrons.